The van der Waals surface area contributed by atoms with Gasteiger partial charge in [0.15, 0.2) is 0 Å². The van der Waals surface area contributed by atoms with Crippen LogP contribution in [0.15, 0.2) is 61.3 Å². The zero-order chi connectivity index (χ0) is 17.7. The van der Waals surface area contributed by atoms with Gasteiger partial charge in [-0.1, -0.05) is 27.3 Å². The number of aromatic nitrogens is 2. The fraction of sp³-hybridized carbons (Fsp3) is 0. The Bertz CT molecular complexity index is 1370. The predicted molar refractivity (Wildman–Crippen MR) is 99.0 cm³/mol. The molecule has 1 heterocycles. The SMILES string of the molecule is O=c1c2sc(=O)n(-c3ccc(O)cc3)c(=O)[nH]c=2c2cc(Br)ccc12. The first-order valence-corrected chi connectivity index (χ1v) is 8.77. The van der Waals surface area contributed by atoms with E-state index in [1.54, 1.807) is 18.2 Å². The topological polar surface area (TPSA) is 92.2 Å². The second-order valence-corrected chi connectivity index (χ2v) is 7.25. The highest BCUT2D eigenvalue weighted by molar-refractivity contribution is 9.10. The Morgan fingerprint density at radius 3 is 2.44 bits per heavy atom. The summed E-state index contributed by atoms with van der Waals surface area (Å²) in [5, 5.41) is 10.7. The molecule has 0 atom stereocenters. The van der Waals surface area contributed by atoms with E-state index in [2.05, 4.69) is 20.9 Å². The van der Waals surface area contributed by atoms with Gasteiger partial charge in [-0.05, 0) is 42.5 Å². The van der Waals surface area contributed by atoms with Gasteiger partial charge < -0.3 is 10.1 Å². The van der Waals surface area contributed by atoms with E-state index in [0.717, 1.165) is 9.04 Å². The van der Waals surface area contributed by atoms with E-state index in [1.807, 2.05) is 0 Å². The average Bonchev–Trinajstić information content (AvgIpc) is 2.73. The van der Waals surface area contributed by atoms with Crippen molar-refractivity contribution in [2.75, 3.05) is 0 Å². The van der Waals surface area contributed by atoms with Crippen LogP contribution in [0, 0.1) is 9.88 Å². The molecule has 2 aromatic carbocycles. The number of phenolic OH excluding ortho intramolecular Hbond substituents is 1. The minimum absolute atomic E-state index is 0.0219. The molecule has 1 aliphatic heterocycles. The van der Waals surface area contributed by atoms with Crippen LogP contribution in [0.2, 0.25) is 0 Å². The van der Waals surface area contributed by atoms with Crippen LogP contribution in [0.4, 0.5) is 0 Å². The first-order chi connectivity index (χ1) is 12.0. The van der Waals surface area contributed by atoms with Crippen LogP contribution in [0.3, 0.4) is 0 Å². The molecule has 2 aromatic rings. The van der Waals surface area contributed by atoms with Crippen molar-refractivity contribution >= 4 is 38.0 Å². The molecule has 2 aliphatic rings. The lowest BCUT2D eigenvalue weighted by atomic mass is 10.2. The molecule has 0 saturated heterocycles. The van der Waals surface area contributed by atoms with Gasteiger partial charge in [0.2, 0.25) is 5.43 Å². The van der Waals surface area contributed by atoms with Crippen molar-refractivity contribution < 1.29 is 5.11 Å². The molecular formula is C17H9BrN2O4S. The molecule has 1 aliphatic carbocycles. The largest absolute Gasteiger partial charge is 0.508 e. The minimum atomic E-state index is -0.659. The van der Waals surface area contributed by atoms with Crippen molar-refractivity contribution in [1.29, 1.82) is 0 Å². The molecule has 0 radical (unpaired) electrons. The second-order valence-electron chi connectivity index (χ2n) is 5.37. The second kappa shape index (κ2) is 5.68. The standard InChI is InChI=1S/C17H9BrN2O4S/c18-8-1-6-11-12(7-8)13-15(14(11)22)25-17(24)20(16(23)19-13)9-2-4-10(21)5-3-9/h1-7,21H,(H,19,23). The molecule has 0 aromatic heterocycles. The van der Waals surface area contributed by atoms with Gasteiger partial charge in [0.05, 0.1) is 11.0 Å². The molecule has 0 fully saturated rings. The van der Waals surface area contributed by atoms with Crippen LogP contribution in [0.1, 0.15) is 0 Å². The van der Waals surface area contributed by atoms with Crippen molar-refractivity contribution in [3.05, 3.63) is 87.2 Å². The van der Waals surface area contributed by atoms with Crippen LogP contribution in [-0.4, -0.2) is 14.7 Å². The van der Waals surface area contributed by atoms with Crippen LogP contribution >= 0.6 is 27.3 Å². The van der Waals surface area contributed by atoms with Crippen molar-refractivity contribution in [2.45, 2.75) is 0 Å². The number of H-pyrrole nitrogens is 1. The maximum atomic E-state index is 12.6. The van der Waals surface area contributed by atoms with E-state index in [4.69, 9.17) is 0 Å². The summed E-state index contributed by atoms with van der Waals surface area (Å²) in [7, 11) is 0. The molecule has 4 rings (SSSR count). The van der Waals surface area contributed by atoms with E-state index >= 15 is 0 Å². The number of halogens is 1. The third-order valence-corrected chi connectivity index (χ3v) is 5.29. The Hall–Kier alpha value is -2.71. The fourth-order valence-electron chi connectivity index (χ4n) is 2.70. The number of benzene rings is 2. The maximum absolute atomic E-state index is 12.6. The average molecular weight is 417 g/mol. The van der Waals surface area contributed by atoms with Gasteiger partial charge in [0, 0.05) is 15.2 Å². The summed E-state index contributed by atoms with van der Waals surface area (Å²) in [4.78, 5) is 39.9. The molecule has 0 unspecified atom stereocenters. The lowest BCUT2D eigenvalue weighted by Crippen LogP contribution is -2.28. The molecule has 25 heavy (non-hydrogen) atoms. The van der Waals surface area contributed by atoms with Crippen LogP contribution in [0.5, 0.6) is 5.75 Å². The van der Waals surface area contributed by atoms with Gasteiger partial charge in [-0.2, -0.15) is 0 Å². The van der Waals surface area contributed by atoms with Crippen molar-refractivity contribution in [3.63, 3.8) is 0 Å². The number of aromatic amines is 1. The highest BCUT2D eigenvalue weighted by atomic mass is 79.9. The van der Waals surface area contributed by atoms with Crippen LogP contribution < -0.4 is 16.0 Å². The van der Waals surface area contributed by atoms with E-state index in [0.29, 0.717) is 33.1 Å². The van der Waals surface area contributed by atoms with Crippen molar-refractivity contribution in [2.24, 2.45) is 0 Å². The van der Waals surface area contributed by atoms with E-state index in [1.165, 1.54) is 24.3 Å². The van der Waals surface area contributed by atoms with Crippen LogP contribution in [0.25, 0.3) is 16.5 Å². The number of hydrogen-bond donors (Lipinski definition) is 2. The van der Waals surface area contributed by atoms with Crippen LogP contribution in [-0.2, 0) is 0 Å². The fourth-order valence-corrected chi connectivity index (χ4v) is 3.99. The highest BCUT2D eigenvalue weighted by Crippen LogP contribution is 2.19. The molecule has 0 saturated carbocycles. The lowest BCUT2D eigenvalue weighted by Gasteiger charge is -2.00. The van der Waals surface area contributed by atoms with E-state index in [9.17, 15) is 19.5 Å². The molecular weight excluding hydrogens is 408 g/mol. The normalized spacial score (nSPS) is 11.2. The Morgan fingerprint density at radius 2 is 1.72 bits per heavy atom. The molecule has 0 spiro atoms. The summed E-state index contributed by atoms with van der Waals surface area (Å²) >= 11 is 4.06. The molecule has 0 bridgehead atoms. The number of rotatable bonds is 1. The zero-order valence-electron chi connectivity index (χ0n) is 12.4. The third-order valence-electron chi connectivity index (χ3n) is 3.84. The lowest BCUT2D eigenvalue weighted by molar-refractivity contribution is 0.475. The maximum Gasteiger partial charge on any atom is 0.334 e. The van der Waals surface area contributed by atoms with Crippen molar-refractivity contribution in [1.82, 2.24) is 9.55 Å². The third kappa shape index (κ3) is 2.50. The Labute approximate surface area is 151 Å². The zero-order valence-corrected chi connectivity index (χ0v) is 14.8. The number of phenols is 1. The summed E-state index contributed by atoms with van der Waals surface area (Å²) in [6.07, 6.45) is 0. The summed E-state index contributed by atoms with van der Waals surface area (Å²) in [6.45, 7) is 0. The smallest absolute Gasteiger partial charge is 0.334 e. The molecule has 0 amide bonds. The van der Waals surface area contributed by atoms with Crippen molar-refractivity contribution in [3.8, 4) is 11.4 Å². The van der Waals surface area contributed by atoms with Gasteiger partial charge in [-0.3, -0.25) is 9.59 Å². The van der Waals surface area contributed by atoms with Gasteiger partial charge in [0.25, 0.3) is 0 Å². The first-order valence-electron chi connectivity index (χ1n) is 7.16. The summed E-state index contributed by atoms with van der Waals surface area (Å²) in [6, 6.07) is 10.8. The Morgan fingerprint density at radius 1 is 1.00 bits per heavy atom. The number of hydrogen-bond acceptors (Lipinski definition) is 5. The Balaban J connectivity index is 2.20. The number of aromatic hydroxyl groups is 1. The van der Waals surface area contributed by atoms with Gasteiger partial charge in [-0.25, -0.2) is 9.36 Å². The predicted octanol–water partition coefficient (Wildman–Crippen LogP) is 2.29. The quantitative estimate of drug-likeness (QED) is 0.497. The molecule has 124 valence electrons. The molecule has 2 N–H and O–H groups in total. The summed E-state index contributed by atoms with van der Waals surface area (Å²) in [5.74, 6) is 0.0219. The van der Waals surface area contributed by atoms with Gasteiger partial charge in [-0.15, -0.1) is 0 Å². The van der Waals surface area contributed by atoms with E-state index < -0.39 is 10.6 Å². The number of nitrogens with zero attached hydrogens (tertiary/aromatic N) is 1. The monoisotopic (exact) mass is 416 g/mol. The molecule has 8 heteroatoms. The van der Waals surface area contributed by atoms with Gasteiger partial charge >= 0.3 is 10.6 Å². The molecule has 6 nitrogen and oxygen atoms in total. The minimum Gasteiger partial charge on any atom is -0.508 e. The number of fused-ring (bicyclic) bond motifs is 2. The number of nitrogens with one attached hydrogen (secondary N) is 1. The highest BCUT2D eigenvalue weighted by Gasteiger charge is 2.12. The summed E-state index contributed by atoms with van der Waals surface area (Å²) < 4.78 is 1.90. The first kappa shape index (κ1) is 15.8. The van der Waals surface area contributed by atoms with Gasteiger partial charge in [0.1, 0.15) is 10.3 Å². The Kier molecular flexibility index (Phi) is 3.59. The van der Waals surface area contributed by atoms with E-state index in [-0.39, 0.29) is 15.7 Å². The summed E-state index contributed by atoms with van der Waals surface area (Å²) in [5.41, 5.74) is -0.645.